The second kappa shape index (κ2) is 5.33. The van der Waals surface area contributed by atoms with Gasteiger partial charge in [0.05, 0.1) is 24.8 Å². The number of methoxy groups -OCH3 is 1. The minimum atomic E-state index is 0.759. The minimum absolute atomic E-state index is 0.759. The van der Waals surface area contributed by atoms with Gasteiger partial charge in [0, 0.05) is 23.3 Å². The summed E-state index contributed by atoms with van der Waals surface area (Å²) >= 11 is 3.52. The van der Waals surface area contributed by atoms with E-state index in [1.165, 1.54) is 0 Å². The van der Waals surface area contributed by atoms with Crippen LogP contribution in [0.2, 0.25) is 0 Å². The van der Waals surface area contributed by atoms with E-state index in [-0.39, 0.29) is 0 Å². The molecule has 0 atom stereocenters. The molecule has 4 nitrogen and oxygen atoms in total. The van der Waals surface area contributed by atoms with Crippen LogP contribution in [0.15, 0.2) is 35.2 Å². The second-order valence-corrected chi connectivity index (χ2v) is 4.47. The topological polar surface area (TPSA) is 39.1 Å². The van der Waals surface area contributed by atoms with Gasteiger partial charge in [-0.2, -0.15) is 0 Å². The Bertz CT molecular complexity index is 510. The quantitative estimate of drug-likeness (QED) is 0.941. The maximum atomic E-state index is 5.22. The van der Waals surface area contributed by atoms with E-state index >= 15 is 0 Å². The summed E-state index contributed by atoms with van der Waals surface area (Å²) in [6, 6.07) is 5.85. The number of imidazole rings is 1. The zero-order valence-corrected chi connectivity index (χ0v) is 11.4. The van der Waals surface area contributed by atoms with Crippen molar-refractivity contribution in [2.45, 2.75) is 6.54 Å². The van der Waals surface area contributed by atoms with Crippen molar-refractivity contribution in [2.24, 2.45) is 0 Å². The Balaban J connectivity index is 2.37. The maximum Gasteiger partial charge on any atom is 0.121 e. The molecule has 0 radical (unpaired) electrons. The molecule has 0 spiro atoms. The van der Waals surface area contributed by atoms with Crippen LogP contribution in [0.5, 0.6) is 5.75 Å². The van der Waals surface area contributed by atoms with Crippen LogP contribution in [0.1, 0.15) is 5.69 Å². The molecule has 1 N–H and O–H groups in total. The van der Waals surface area contributed by atoms with E-state index in [9.17, 15) is 0 Å². The first-order chi connectivity index (χ1) is 8.24. The fourth-order valence-corrected chi connectivity index (χ4v) is 2.04. The average Bonchev–Trinajstić information content (AvgIpc) is 2.79. The number of halogens is 1. The van der Waals surface area contributed by atoms with Gasteiger partial charge >= 0.3 is 0 Å². The lowest BCUT2D eigenvalue weighted by atomic mass is 10.3. The molecule has 1 heterocycles. The number of rotatable bonds is 4. The van der Waals surface area contributed by atoms with Crippen molar-refractivity contribution in [2.75, 3.05) is 14.2 Å². The molecular weight excluding hydrogens is 282 g/mol. The molecule has 2 aromatic rings. The van der Waals surface area contributed by atoms with Crippen LogP contribution in [0.4, 0.5) is 0 Å². The molecule has 0 amide bonds. The van der Waals surface area contributed by atoms with Gasteiger partial charge in [0.1, 0.15) is 5.75 Å². The van der Waals surface area contributed by atoms with Gasteiger partial charge in [-0.05, 0) is 35.1 Å². The lowest BCUT2D eigenvalue weighted by Gasteiger charge is -2.07. The van der Waals surface area contributed by atoms with E-state index in [1.807, 2.05) is 36.0 Å². The molecule has 0 aliphatic heterocycles. The van der Waals surface area contributed by atoms with Gasteiger partial charge in [-0.3, -0.25) is 0 Å². The summed E-state index contributed by atoms with van der Waals surface area (Å²) in [4.78, 5) is 4.32. The fourth-order valence-electron chi connectivity index (χ4n) is 1.59. The number of aromatic nitrogens is 2. The first-order valence-electron chi connectivity index (χ1n) is 5.26. The van der Waals surface area contributed by atoms with E-state index < -0.39 is 0 Å². The van der Waals surface area contributed by atoms with Crippen molar-refractivity contribution in [3.8, 4) is 11.4 Å². The molecule has 90 valence electrons. The van der Waals surface area contributed by atoms with Gasteiger partial charge < -0.3 is 14.6 Å². The van der Waals surface area contributed by atoms with Crippen molar-refractivity contribution in [1.29, 1.82) is 0 Å². The number of hydrogen-bond donors (Lipinski definition) is 1. The van der Waals surface area contributed by atoms with Gasteiger partial charge in [0.25, 0.3) is 0 Å². The molecular formula is C12H14BrN3O. The molecule has 2 rings (SSSR count). The van der Waals surface area contributed by atoms with E-state index in [0.717, 1.165) is 28.1 Å². The highest BCUT2D eigenvalue weighted by Gasteiger charge is 2.05. The van der Waals surface area contributed by atoms with Crippen molar-refractivity contribution in [3.05, 3.63) is 40.9 Å². The average molecular weight is 296 g/mol. The van der Waals surface area contributed by atoms with Crippen molar-refractivity contribution < 1.29 is 4.74 Å². The molecule has 0 saturated heterocycles. The van der Waals surface area contributed by atoms with Crippen LogP contribution in [0.3, 0.4) is 0 Å². The van der Waals surface area contributed by atoms with Crippen LogP contribution in [-0.4, -0.2) is 23.7 Å². The van der Waals surface area contributed by atoms with Gasteiger partial charge in [0.2, 0.25) is 0 Å². The zero-order chi connectivity index (χ0) is 12.3. The van der Waals surface area contributed by atoms with Crippen LogP contribution < -0.4 is 10.1 Å². The highest BCUT2D eigenvalue weighted by atomic mass is 79.9. The molecule has 5 heteroatoms. The fraction of sp³-hybridized carbons (Fsp3) is 0.250. The summed E-state index contributed by atoms with van der Waals surface area (Å²) in [7, 11) is 3.56. The van der Waals surface area contributed by atoms with Crippen LogP contribution in [0, 0.1) is 0 Å². The summed E-state index contributed by atoms with van der Waals surface area (Å²) in [5, 5.41) is 3.07. The second-order valence-electron chi connectivity index (χ2n) is 3.62. The van der Waals surface area contributed by atoms with Crippen LogP contribution >= 0.6 is 15.9 Å². The SMILES string of the molecule is CNCc1cn(-c2cc(OC)ccc2Br)cn1. The number of hydrogen-bond acceptors (Lipinski definition) is 3. The Morgan fingerprint density at radius 2 is 2.29 bits per heavy atom. The Morgan fingerprint density at radius 1 is 1.47 bits per heavy atom. The molecule has 0 bridgehead atoms. The molecule has 0 unspecified atom stereocenters. The number of ether oxygens (including phenoxy) is 1. The van der Waals surface area contributed by atoms with Crippen LogP contribution in [0.25, 0.3) is 5.69 Å². The summed E-state index contributed by atoms with van der Waals surface area (Å²) in [6.07, 6.45) is 3.79. The third kappa shape index (κ3) is 2.68. The van der Waals surface area contributed by atoms with E-state index in [2.05, 4.69) is 26.2 Å². The Kier molecular flexibility index (Phi) is 3.81. The summed E-state index contributed by atoms with van der Waals surface area (Å²) in [5.41, 5.74) is 2.02. The predicted molar refractivity (Wildman–Crippen MR) is 70.6 cm³/mol. The summed E-state index contributed by atoms with van der Waals surface area (Å²) in [6.45, 7) is 0.759. The Morgan fingerprint density at radius 3 is 3.00 bits per heavy atom. The molecule has 1 aromatic heterocycles. The zero-order valence-electron chi connectivity index (χ0n) is 9.77. The lowest BCUT2D eigenvalue weighted by molar-refractivity contribution is 0.414. The molecule has 0 saturated carbocycles. The molecule has 17 heavy (non-hydrogen) atoms. The molecule has 0 aliphatic rings. The number of nitrogens with zero attached hydrogens (tertiary/aromatic N) is 2. The highest BCUT2D eigenvalue weighted by Crippen LogP contribution is 2.25. The van der Waals surface area contributed by atoms with E-state index in [4.69, 9.17) is 4.74 Å². The minimum Gasteiger partial charge on any atom is -0.497 e. The van der Waals surface area contributed by atoms with Gasteiger partial charge in [-0.25, -0.2) is 4.98 Å². The van der Waals surface area contributed by atoms with Crippen molar-refractivity contribution in [3.63, 3.8) is 0 Å². The van der Waals surface area contributed by atoms with Crippen LogP contribution in [-0.2, 0) is 6.54 Å². The predicted octanol–water partition coefficient (Wildman–Crippen LogP) is 2.36. The third-order valence-electron chi connectivity index (χ3n) is 2.43. The summed E-state index contributed by atoms with van der Waals surface area (Å²) in [5.74, 6) is 0.826. The van der Waals surface area contributed by atoms with Crippen molar-refractivity contribution in [1.82, 2.24) is 14.9 Å². The Labute approximate surface area is 109 Å². The normalized spacial score (nSPS) is 10.5. The van der Waals surface area contributed by atoms with Gasteiger partial charge in [0.15, 0.2) is 0 Å². The van der Waals surface area contributed by atoms with Gasteiger partial charge in [-0.15, -0.1) is 0 Å². The van der Waals surface area contributed by atoms with E-state index in [0.29, 0.717) is 0 Å². The monoisotopic (exact) mass is 295 g/mol. The molecule has 0 aliphatic carbocycles. The molecule has 0 fully saturated rings. The number of nitrogens with one attached hydrogen (secondary N) is 1. The summed E-state index contributed by atoms with van der Waals surface area (Å²) < 4.78 is 8.20. The smallest absolute Gasteiger partial charge is 0.121 e. The molecule has 1 aromatic carbocycles. The standard InChI is InChI=1S/C12H14BrN3O/c1-14-6-9-7-16(8-15-9)12-5-10(17-2)3-4-11(12)13/h3-5,7-8,14H,6H2,1-2H3. The highest BCUT2D eigenvalue weighted by molar-refractivity contribution is 9.10. The first-order valence-corrected chi connectivity index (χ1v) is 6.05. The lowest BCUT2D eigenvalue weighted by Crippen LogP contribution is -2.04. The number of benzene rings is 1. The third-order valence-corrected chi connectivity index (χ3v) is 3.10. The van der Waals surface area contributed by atoms with Crippen molar-refractivity contribution >= 4 is 15.9 Å². The first kappa shape index (κ1) is 12.1. The van der Waals surface area contributed by atoms with E-state index in [1.54, 1.807) is 13.4 Å². The Hall–Kier alpha value is -1.33. The van der Waals surface area contributed by atoms with Gasteiger partial charge in [-0.1, -0.05) is 0 Å². The largest absolute Gasteiger partial charge is 0.497 e. The maximum absolute atomic E-state index is 5.22.